The monoisotopic (exact) mass is 1330 g/mol. The topological polar surface area (TPSA) is 375 Å². The minimum atomic E-state index is -4.27. The Bertz CT molecular complexity index is 3810. The van der Waals surface area contributed by atoms with Gasteiger partial charge in [-0.15, -0.1) is 0 Å². The van der Waals surface area contributed by atoms with Gasteiger partial charge in [-0.05, 0) is 152 Å². The first-order valence-electron chi connectivity index (χ1n) is 32.2. The van der Waals surface area contributed by atoms with Gasteiger partial charge in [0.2, 0.25) is 0 Å². The third-order valence-electron chi connectivity index (χ3n) is 19.2. The maximum absolute atomic E-state index is 13.9. The molecule has 4 bridgehead atoms. The van der Waals surface area contributed by atoms with Crippen molar-refractivity contribution in [2.75, 3.05) is 67.2 Å². The van der Waals surface area contributed by atoms with E-state index in [2.05, 4.69) is 40.1 Å². The summed E-state index contributed by atoms with van der Waals surface area (Å²) in [6, 6.07) is 22.2. The van der Waals surface area contributed by atoms with Gasteiger partial charge >= 0.3 is 24.1 Å². The highest BCUT2D eigenvalue weighted by Gasteiger charge is 2.66. The average Bonchev–Trinajstić information content (AvgIpc) is 0.740. The smallest absolute Gasteiger partial charge is 0.410 e. The van der Waals surface area contributed by atoms with Crippen LogP contribution in [0.2, 0.25) is 0 Å². The number of fused-ring (bicyclic) bond motifs is 2. The van der Waals surface area contributed by atoms with Crippen molar-refractivity contribution in [3.8, 4) is 11.1 Å². The number of amides is 4. The standard InChI is InChI=1S/C67H89N13O12S2/c1-41(2)57(73-29-46(68)33-94(88,89)90)56(69)45(11-9-23-71-61(70)86)28-72-47-17-15-43(16-18-47)32-91-63(87)78(25-22-55(81)82)26-27-92-67-37-64(4)34-65(5,38-67)36-66(35-64,39-67)40-80-42(3)50(30-74-80)48-19-20-54(76-58(48)60(84)85)79-24-21-44-10-8-12-49(51(44)31-79)59(83)77-62-75-52-13-6-7-14-53(52)93-62/h6-8,10,12-20,30,41,45-46,56-57,72-73H,9,11,21-29,31-40,68-69H2,1-5H3,(H,81,82)(H,84,85)(H3,70,71,86)(H,75,77,83)(H,88,89,90)/t45-,46+,56?,57-,64?,65?,66?,67?/m0/s1. The van der Waals surface area contributed by atoms with Crippen molar-refractivity contribution < 1.29 is 56.6 Å². The zero-order chi connectivity index (χ0) is 67.3. The van der Waals surface area contributed by atoms with Gasteiger partial charge in [0.15, 0.2) is 10.8 Å². The maximum Gasteiger partial charge on any atom is 0.410 e. The predicted molar refractivity (Wildman–Crippen MR) is 359 cm³/mol. The van der Waals surface area contributed by atoms with Gasteiger partial charge in [-0.1, -0.05) is 75.4 Å². The van der Waals surface area contributed by atoms with Gasteiger partial charge < -0.3 is 62.6 Å². The van der Waals surface area contributed by atoms with Gasteiger partial charge in [-0.3, -0.25) is 24.1 Å². The molecule has 94 heavy (non-hydrogen) atoms. The molecule has 4 fully saturated rings. The van der Waals surface area contributed by atoms with Crippen LogP contribution in [-0.2, 0) is 50.5 Å². The van der Waals surface area contributed by atoms with Crippen molar-refractivity contribution in [3.63, 3.8) is 0 Å². The summed E-state index contributed by atoms with van der Waals surface area (Å²) in [4.78, 5) is 76.9. The largest absolute Gasteiger partial charge is 0.481 e. The van der Waals surface area contributed by atoms with Gasteiger partial charge in [-0.2, -0.15) is 13.5 Å². The molecule has 25 nitrogen and oxygen atoms in total. The fourth-order valence-corrected chi connectivity index (χ4v) is 17.8. The number of thiazole rings is 1. The minimum absolute atomic E-state index is 0.0252. The van der Waals surface area contributed by atoms with E-state index < -0.39 is 57.6 Å². The quantitative estimate of drug-likeness (QED) is 0.0144. The minimum Gasteiger partial charge on any atom is -0.481 e. The molecule has 4 amide bonds. The van der Waals surface area contributed by atoms with E-state index in [4.69, 9.17) is 36.8 Å². The summed E-state index contributed by atoms with van der Waals surface area (Å²) in [6.45, 7) is 13.1. The molecule has 0 spiro atoms. The number of carbonyl (C=O) groups excluding carboxylic acids is 3. The zero-order valence-electron chi connectivity index (χ0n) is 54.1. The number of nitrogens with two attached hydrogens (primary N) is 3. The fourth-order valence-electron chi connectivity index (χ4n) is 16.3. The van der Waals surface area contributed by atoms with Crippen LogP contribution >= 0.6 is 11.3 Å². The summed E-state index contributed by atoms with van der Waals surface area (Å²) in [5.74, 6) is -2.71. The molecular formula is C67H89N13O12S2. The van der Waals surface area contributed by atoms with E-state index in [1.165, 1.54) is 16.2 Å². The van der Waals surface area contributed by atoms with Crippen molar-refractivity contribution in [2.24, 2.45) is 45.3 Å². The van der Waals surface area contributed by atoms with Crippen molar-refractivity contribution in [2.45, 2.75) is 142 Å². The highest BCUT2D eigenvalue weighted by molar-refractivity contribution is 7.85. The molecule has 11 rings (SSSR count). The van der Waals surface area contributed by atoms with Crippen molar-refractivity contribution >= 4 is 78.3 Å². The Morgan fingerprint density at radius 3 is 2.31 bits per heavy atom. The van der Waals surface area contributed by atoms with Crippen LogP contribution < -0.4 is 43.4 Å². The molecule has 4 heterocycles. The normalized spacial score (nSPS) is 21.9. The van der Waals surface area contributed by atoms with Gasteiger partial charge in [0.05, 0.1) is 40.8 Å². The third kappa shape index (κ3) is 16.8. The SMILES string of the molecule is Cc1c(-c2ccc(N3CCc4cccc(C(=O)Nc5nc6ccccc6s5)c4C3)nc2C(=O)O)cnn1CC12CC3(C)CC(C)(C1)CC(OCCN(CCC(=O)O)C(=O)OCc1ccc(NC[C@H](CCCNC(N)=O)C(N)[C@@H](NC[C@@H](N)CS(=O)(=O)O)C(C)C)cc1)(C3)C2. The highest BCUT2D eigenvalue weighted by atomic mass is 32.2. The number of carboxylic acid groups (broad SMARTS) is 2. The summed E-state index contributed by atoms with van der Waals surface area (Å²) >= 11 is 1.41. The van der Waals surface area contributed by atoms with Gasteiger partial charge in [0, 0.05) is 98.6 Å². The van der Waals surface area contributed by atoms with E-state index in [-0.39, 0.29) is 85.0 Å². The van der Waals surface area contributed by atoms with Crippen LogP contribution in [-0.4, -0.2) is 153 Å². The summed E-state index contributed by atoms with van der Waals surface area (Å²) < 4.78 is 48.0. The van der Waals surface area contributed by atoms with Crippen molar-refractivity contribution in [1.82, 2.24) is 35.3 Å². The number of nitrogens with zero attached hydrogens (tertiary/aromatic N) is 6. The number of anilines is 3. The van der Waals surface area contributed by atoms with Gasteiger partial charge in [0.1, 0.15) is 12.4 Å². The van der Waals surface area contributed by atoms with Crippen LogP contribution in [0.15, 0.2) is 85.1 Å². The Kier molecular flexibility index (Phi) is 21.1. The number of rotatable bonds is 31. The number of pyridine rings is 1. The Hall–Kier alpha value is -7.79. The Labute approximate surface area is 552 Å². The number of carboxylic acids is 2. The molecule has 3 aromatic heterocycles. The lowest BCUT2D eigenvalue weighted by molar-refractivity contribution is -0.248. The number of aromatic carboxylic acids is 1. The molecule has 0 saturated heterocycles. The number of hydrogen-bond donors (Lipinski definition) is 10. The number of para-hydroxylation sites is 1. The third-order valence-corrected chi connectivity index (χ3v) is 21.0. The molecule has 3 aromatic carbocycles. The molecule has 5 aliphatic rings. The Morgan fingerprint density at radius 2 is 1.62 bits per heavy atom. The molecule has 13 N–H and O–H groups in total. The summed E-state index contributed by atoms with van der Waals surface area (Å²) in [6.07, 6.45) is 7.97. The average molecular weight is 1330 g/mol. The van der Waals surface area contributed by atoms with Gasteiger partial charge in [0.25, 0.3) is 16.0 Å². The van der Waals surface area contributed by atoms with E-state index >= 15 is 0 Å². The summed E-state index contributed by atoms with van der Waals surface area (Å²) in [7, 11) is -4.27. The molecule has 27 heteroatoms. The van der Waals surface area contributed by atoms with E-state index in [1.807, 2.05) is 103 Å². The maximum atomic E-state index is 13.9. The second kappa shape index (κ2) is 28.7. The second-order valence-corrected chi connectivity index (χ2v) is 30.2. The molecule has 3 unspecified atom stereocenters. The first-order valence-corrected chi connectivity index (χ1v) is 34.6. The number of benzene rings is 3. The molecule has 6 aromatic rings. The number of urea groups is 1. The highest BCUT2D eigenvalue weighted by Crippen LogP contribution is 2.72. The van der Waals surface area contributed by atoms with E-state index in [0.29, 0.717) is 85.2 Å². The first-order chi connectivity index (χ1) is 44.6. The zero-order valence-corrected chi connectivity index (χ0v) is 55.7. The van der Waals surface area contributed by atoms with Crippen LogP contribution in [0.25, 0.3) is 21.3 Å². The van der Waals surface area contributed by atoms with Crippen LogP contribution in [0.5, 0.6) is 0 Å². The predicted octanol–water partition coefficient (Wildman–Crippen LogP) is 8.26. The van der Waals surface area contributed by atoms with Crippen LogP contribution in [0.4, 0.5) is 26.2 Å². The van der Waals surface area contributed by atoms with Crippen molar-refractivity contribution in [3.05, 3.63) is 119 Å². The van der Waals surface area contributed by atoms with E-state index in [1.54, 1.807) is 12.3 Å². The first kappa shape index (κ1) is 69.1. The Morgan fingerprint density at radius 1 is 0.872 bits per heavy atom. The molecule has 4 aliphatic carbocycles. The molecule has 1 aliphatic heterocycles. The van der Waals surface area contributed by atoms with Crippen molar-refractivity contribution in [1.29, 1.82) is 0 Å². The van der Waals surface area contributed by atoms with E-state index in [9.17, 15) is 47.2 Å². The van der Waals surface area contributed by atoms with Crippen LogP contribution in [0, 0.1) is 35.0 Å². The lowest BCUT2D eigenvalue weighted by Crippen LogP contribution is -2.64. The number of ether oxygens (including phenoxy) is 2. The number of aliphatic carboxylic acids is 1. The lowest BCUT2D eigenvalue weighted by Gasteiger charge is -2.69. The van der Waals surface area contributed by atoms with Gasteiger partial charge in [-0.25, -0.2) is 24.4 Å². The molecule has 4 saturated carbocycles. The summed E-state index contributed by atoms with van der Waals surface area (Å²) in [5.41, 5.74) is 23.9. The molecule has 6 atom stereocenters. The fraction of sp³-hybridized carbons (Fsp3) is 0.522. The Balaban J connectivity index is 0.763. The lowest BCUT2D eigenvalue weighted by atomic mass is 9.39. The number of carbonyl (C=O) groups is 5. The molecule has 506 valence electrons. The van der Waals surface area contributed by atoms with Crippen LogP contribution in [0.1, 0.15) is 129 Å². The van der Waals surface area contributed by atoms with Crippen LogP contribution in [0.3, 0.4) is 0 Å². The number of nitrogens with one attached hydrogen (secondary N) is 4. The molecule has 0 radical (unpaired) electrons. The number of aromatic nitrogens is 4. The molecular weight excluding hydrogens is 1240 g/mol. The summed E-state index contributed by atoms with van der Waals surface area (Å²) in [5, 5.41) is 38.3. The number of primary amides is 1. The number of hydrogen-bond acceptors (Lipinski definition) is 18. The van der Waals surface area contributed by atoms with E-state index in [0.717, 1.165) is 71.2 Å². The second-order valence-electron chi connectivity index (χ2n) is 27.7.